The maximum absolute atomic E-state index is 12.3. The van der Waals surface area contributed by atoms with E-state index >= 15 is 0 Å². The van der Waals surface area contributed by atoms with Gasteiger partial charge in [-0.15, -0.1) is 0 Å². The van der Waals surface area contributed by atoms with Crippen molar-refractivity contribution in [3.8, 4) is 11.5 Å². The van der Waals surface area contributed by atoms with E-state index in [0.717, 1.165) is 6.26 Å². The summed E-state index contributed by atoms with van der Waals surface area (Å²) in [5, 5.41) is 0. The Morgan fingerprint density at radius 2 is 1.68 bits per heavy atom. The largest absolute Gasteiger partial charge is 0.493 e. The molecule has 0 N–H and O–H groups in total. The van der Waals surface area contributed by atoms with Crippen LogP contribution in [0, 0.1) is 6.92 Å². The van der Waals surface area contributed by atoms with Crippen molar-refractivity contribution in [2.24, 2.45) is 0 Å². The number of ether oxygens (including phenoxy) is 2. The molecule has 0 saturated carbocycles. The first-order valence-electron chi connectivity index (χ1n) is 6.49. The molecule has 2 aromatic carbocycles. The number of hydrogen-bond acceptors (Lipinski definition) is 5. The van der Waals surface area contributed by atoms with Gasteiger partial charge in [0.25, 0.3) is 0 Å². The minimum Gasteiger partial charge on any atom is -0.493 e. The normalized spacial score (nSPS) is 11.0. The van der Waals surface area contributed by atoms with Gasteiger partial charge in [-0.05, 0) is 36.8 Å². The summed E-state index contributed by atoms with van der Waals surface area (Å²) >= 11 is 0. The third-order valence-electron chi connectivity index (χ3n) is 3.13. The van der Waals surface area contributed by atoms with Crippen LogP contribution < -0.4 is 9.47 Å². The van der Waals surface area contributed by atoms with Crippen LogP contribution in [-0.2, 0) is 9.84 Å². The average molecular weight is 320 g/mol. The molecule has 0 aliphatic carbocycles. The Balaban J connectivity index is 2.38. The van der Waals surface area contributed by atoms with Crippen molar-refractivity contribution < 1.29 is 22.7 Å². The van der Waals surface area contributed by atoms with E-state index in [9.17, 15) is 13.2 Å². The Bertz CT molecular complexity index is 809. The fourth-order valence-electron chi connectivity index (χ4n) is 1.91. The van der Waals surface area contributed by atoms with Gasteiger partial charge in [-0.1, -0.05) is 18.2 Å². The van der Waals surface area contributed by atoms with Gasteiger partial charge < -0.3 is 9.47 Å². The molecule has 0 bridgehead atoms. The number of hydrogen-bond donors (Lipinski definition) is 0. The Kier molecular flexibility index (Phi) is 4.51. The van der Waals surface area contributed by atoms with Gasteiger partial charge in [-0.2, -0.15) is 0 Å². The average Bonchev–Trinajstić information content (AvgIpc) is 2.47. The number of sulfone groups is 1. The van der Waals surface area contributed by atoms with Crippen LogP contribution in [0.25, 0.3) is 0 Å². The molecule has 6 heteroatoms. The SMILES string of the molecule is COc1ccccc1OC(=O)c1cc(S(C)(=O)=O)ccc1C. The highest BCUT2D eigenvalue weighted by molar-refractivity contribution is 7.90. The maximum Gasteiger partial charge on any atom is 0.343 e. The van der Waals surface area contributed by atoms with Crippen LogP contribution in [0.4, 0.5) is 0 Å². The molecule has 2 aromatic rings. The van der Waals surface area contributed by atoms with E-state index in [1.807, 2.05) is 0 Å². The quantitative estimate of drug-likeness (QED) is 0.640. The third kappa shape index (κ3) is 3.46. The second kappa shape index (κ2) is 6.19. The molecule has 2 rings (SSSR count). The Morgan fingerprint density at radius 3 is 2.27 bits per heavy atom. The third-order valence-corrected chi connectivity index (χ3v) is 4.24. The number of carbonyl (C=O) groups excluding carboxylic acids is 1. The van der Waals surface area contributed by atoms with Gasteiger partial charge in [0, 0.05) is 6.26 Å². The Hall–Kier alpha value is -2.34. The van der Waals surface area contributed by atoms with Crippen LogP contribution >= 0.6 is 0 Å². The van der Waals surface area contributed by atoms with Gasteiger partial charge in [-0.25, -0.2) is 13.2 Å². The first-order valence-corrected chi connectivity index (χ1v) is 8.38. The van der Waals surface area contributed by atoms with Crippen molar-refractivity contribution in [1.29, 1.82) is 0 Å². The van der Waals surface area contributed by atoms with E-state index in [-0.39, 0.29) is 16.2 Å². The highest BCUT2D eigenvalue weighted by Crippen LogP contribution is 2.27. The number of benzene rings is 2. The molecule has 5 nitrogen and oxygen atoms in total. The van der Waals surface area contributed by atoms with Crippen LogP contribution in [-0.4, -0.2) is 27.8 Å². The predicted octanol–water partition coefficient (Wildman–Crippen LogP) is 2.63. The zero-order valence-electron chi connectivity index (χ0n) is 12.5. The van der Waals surface area contributed by atoms with Crippen LogP contribution in [0.2, 0.25) is 0 Å². The summed E-state index contributed by atoms with van der Waals surface area (Å²) in [6, 6.07) is 11.1. The number of methoxy groups -OCH3 is 1. The van der Waals surface area contributed by atoms with Gasteiger partial charge in [0.2, 0.25) is 0 Å². The number of rotatable bonds is 4. The molecule has 0 saturated heterocycles. The van der Waals surface area contributed by atoms with Crippen molar-refractivity contribution in [2.75, 3.05) is 13.4 Å². The summed E-state index contributed by atoms with van der Waals surface area (Å²) < 4.78 is 33.6. The molecular weight excluding hydrogens is 304 g/mol. The van der Waals surface area contributed by atoms with Gasteiger partial charge in [-0.3, -0.25) is 0 Å². The van der Waals surface area contributed by atoms with Gasteiger partial charge >= 0.3 is 5.97 Å². The van der Waals surface area contributed by atoms with E-state index in [2.05, 4.69) is 0 Å². The number of carbonyl (C=O) groups is 1. The number of aryl methyl sites for hydroxylation is 1. The Labute approximate surface area is 129 Å². The zero-order chi connectivity index (χ0) is 16.3. The molecule has 0 spiro atoms. The maximum atomic E-state index is 12.3. The van der Waals surface area contributed by atoms with Crippen molar-refractivity contribution in [2.45, 2.75) is 11.8 Å². The monoisotopic (exact) mass is 320 g/mol. The van der Waals surface area contributed by atoms with Crippen LogP contribution in [0.15, 0.2) is 47.4 Å². The van der Waals surface area contributed by atoms with E-state index in [4.69, 9.17) is 9.47 Å². The highest BCUT2D eigenvalue weighted by atomic mass is 32.2. The lowest BCUT2D eigenvalue weighted by Gasteiger charge is -2.11. The molecule has 0 heterocycles. The zero-order valence-corrected chi connectivity index (χ0v) is 13.3. The molecule has 22 heavy (non-hydrogen) atoms. The minimum absolute atomic E-state index is 0.0741. The first kappa shape index (κ1) is 16.0. The highest BCUT2D eigenvalue weighted by Gasteiger charge is 2.17. The summed E-state index contributed by atoms with van der Waals surface area (Å²) in [5.41, 5.74) is 0.834. The van der Waals surface area contributed by atoms with Crippen molar-refractivity contribution in [3.63, 3.8) is 0 Å². The molecule has 0 aliphatic rings. The van der Waals surface area contributed by atoms with Crippen molar-refractivity contribution >= 4 is 15.8 Å². The standard InChI is InChI=1S/C16H16O5S/c1-11-8-9-12(22(3,18)19)10-13(11)16(17)21-15-7-5-4-6-14(15)20-2/h4-10H,1-3H3. The van der Waals surface area contributed by atoms with Gasteiger partial charge in [0.1, 0.15) is 0 Å². The molecule has 0 fully saturated rings. The summed E-state index contributed by atoms with van der Waals surface area (Å²) in [7, 11) is -1.92. The van der Waals surface area contributed by atoms with Gasteiger partial charge in [0.15, 0.2) is 21.3 Å². The number of esters is 1. The summed E-state index contributed by atoms with van der Waals surface area (Å²) in [6.07, 6.45) is 1.09. The lowest BCUT2D eigenvalue weighted by atomic mass is 10.1. The predicted molar refractivity (Wildman–Crippen MR) is 82.2 cm³/mol. The topological polar surface area (TPSA) is 69.7 Å². The summed E-state index contributed by atoms with van der Waals surface area (Å²) in [6.45, 7) is 1.71. The van der Waals surface area contributed by atoms with E-state index in [1.165, 1.54) is 19.2 Å². The summed E-state index contributed by atoms with van der Waals surface area (Å²) in [5.74, 6) is 0.0689. The Morgan fingerprint density at radius 1 is 1.05 bits per heavy atom. The van der Waals surface area contributed by atoms with Crippen molar-refractivity contribution in [1.82, 2.24) is 0 Å². The van der Waals surface area contributed by atoms with Crippen LogP contribution in [0.5, 0.6) is 11.5 Å². The second-order valence-corrected chi connectivity index (χ2v) is 6.81. The first-order chi connectivity index (χ1) is 10.3. The van der Waals surface area contributed by atoms with E-state index in [0.29, 0.717) is 11.3 Å². The minimum atomic E-state index is -3.39. The smallest absolute Gasteiger partial charge is 0.343 e. The molecule has 0 radical (unpaired) electrons. The molecule has 0 atom stereocenters. The number of para-hydroxylation sites is 2. The second-order valence-electron chi connectivity index (χ2n) is 4.79. The molecule has 0 amide bonds. The lowest BCUT2D eigenvalue weighted by Crippen LogP contribution is -2.12. The lowest BCUT2D eigenvalue weighted by molar-refractivity contribution is 0.0728. The molecule has 116 valence electrons. The van der Waals surface area contributed by atoms with E-state index < -0.39 is 15.8 Å². The fourth-order valence-corrected chi connectivity index (χ4v) is 2.56. The van der Waals surface area contributed by atoms with Crippen LogP contribution in [0.3, 0.4) is 0 Å². The van der Waals surface area contributed by atoms with Crippen LogP contribution in [0.1, 0.15) is 15.9 Å². The fraction of sp³-hybridized carbons (Fsp3) is 0.188. The summed E-state index contributed by atoms with van der Waals surface area (Å²) in [4.78, 5) is 12.4. The molecule has 0 aromatic heterocycles. The molecule has 0 unspecified atom stereocenters. The molecule has 0 aliphatic heterocycles. The molecular formula is C16H16O5S. The van der Waals surface area contributed by atoms with Gasteiger partial charge in [0.05, 0.1) is 17.6 Å². The van der Waals surface area contributed by atoms with Crippen molar-refractivity contribution in [3.05, 3.63) is 53.6 Å². The van der Waals surface area contributed by atoms with E-state index in [1.54, 1.807) is 37.3 Å².